The van der Waals surface area contributed by atoms with E-state index in [0.29, 0.717) is 25.9 Å². The molecule has 1 aliphatic carbocycles. The fourth-order valence-corrected chi connectivity index (χ4v) is 4.81. The topological polar surface area (TPSA) is 92.7 Å². The molecule has 27 heavy (non-hydrogen) atoms. The first kappa shape index (κ1) is 24.2. The Labute approximate surface area is 165 Å². The van der Waals surface area contributed by atoms with Crippen molar-refractivity contribution in [1.29, 1.82) is 0 Å². The summed E-state index contributed by atoms with van der Waals surface area (Å²) in [5.74, 6) is 0. The smallest absolute Gasteiger partial charge is 0.421 e. The number of sulfonamides is 1. The lowest BCUT2D eigenvalue weighted by molar-refractivity contribution is 0.0569. The summed E-state index contributed by atoms with van der Waals surface area (Å²) in [6.45, 7) is 5.42. The molecule has 0 aromatic heterocycles. The molecule has 1 rings (SSSR count). The van der Waals surface area contributed by atoms with Gasteiger partial charge in [0.05, 0.1) is 4.75 Å². The van der Waals surface area contributed by atoms with Gasteiger partial charge in [0.1, 0.15) is 5.60 Å². The average molecular weight is 406 g/mol. The van der Waals surface area contributed by atoms with Crippen LogP contribution in [0.4, 0.5) is 4.79 Å². The van der Waals surface area contributed by atoms with Crippen molar-refractivity contribution in [2.75, 3.05) is 6.61 Å². The Hall–Kier alpha value is -0.820. The molecular formula is C20H39NO5S. The number of hydrogen-bond donors (Lipinski definition) is 2. The molecule has 2 N–H and O–H groups in total. The third-order valence-corrected chi connectivity index (χ3v) is 7.22. The lowest BCUT2D eigenvalue weighted by atomic mass is 10.0. The predicted molar refractivity (Wildman–Crippen MR) is 108 cm³/mol. The highest BCUT2D eigenvalue weighted by Crippen LogP contribution is 2.47. The van der Waals surface area contributed by atoms with Crippen LogP contribution in [0.3, 0.4) is 0 Å². The van der Waals surface area contributed by atoms with Gasteiger partial charge in [-0.1, -0.05) is 57.8 Å². The molecule has 160 valence electrons. The quantitative estimate of drug-likeness (QED) is 0.410. The maximum absolute atomic E-state index is 12.5. The highest BCUT2D eigenvalue weighted by molar-refractivity contribution is 7.91. The molecule has 0 atom stereocenters. The van der Waals surface area contributed by atoms with E-state index in [1.807, 2.05) is 0 Å². The van der Waals surface area contributed by atoms with Crippen molar-refractivity contribution in [3.05, 3.63) is 0 Å². The SMILES string of the molecule is CC(C)(C)OC(=O)NS(=O)(=O)C1(CCCCCCCCCCCCO)CC1. The van der Waals surface area contributed by atoms with Gasteiger partial charge in [-0.25, -0.2) is 17.9 Å². The molecule has 0 saturated heterocycles. The zero-order valence-electron chi connectivity index (χ0n) is 17.4. The highest BCUT2D eigenvalue weighted by Gasteiger charge is 2.54. The summed E-state index contributed by atoms with van der Waals surface area (Å²) in [7, 11) is -3.68. The Morgan fingerprint density at radius 2 is 1.37 bits per heavy atom. The molecule has 0 radical (unpaired) electrons. The van der Waals surface area contributed by atoms with E-state index in [0.717, 1.165) is 32.1 Å². The Balaban J connectivity index is 2.16. The number of hydrogen-bond acceptors (Lipinski definition) is 5. The van der Waals surface area contributed by atoms with Gasteiger partial charge in [-0.15, -0.1) is 0 Å². The lowest BCUT2D eigenvalue weighted by Gasteiger charge is -2.22. The highest BCUT2D eigenvalue weighted by atomic mass is 32.2. The average Bonchev–Trinajstić information content (AvgIpc) is 3.32. The van der Waals surface area contributed by atoms with Crippen molar-refractivity contribution >= 4 is 16.1 Å². The first-order chi connectivity index (χ1) is 12.6. The molecule has 0 bridgehead atoms. The van der Waals surface area contributed by atoms with Crippen LogP contribution in [0.1, 0.15) is 104 Å². The van der Waals surface area contributed by atoms with Crippen molar-refractivity contribution in [3.63, 3.8) is 0 Å². The fourth-order valence-electron chi connectivity index (χ4n) is 3.28. The van der Waals surface area contributed by atoms with Crippen LogP contribution in [0, 0.1) is 0 Å². The molecule has 6 nitrogen and oxygen atoms in total. The maximum atomic E-state index is 12.5. The van der Waals surface area contributed by atoms with E-state index in [2.05, 4.69) is 4.72 Å². The normalized spacial score (nSPS) is 16.1. The van der Waals surface area contributed by atoms with Crippen molar-refractivity contribution < 1.29 is 23.1 Å². The third-order valence-electron chi connectivity index (χ3n) is 5.03. The number of rotatable bonds is 14. The van der Waals surface area contributed by atoms with Gasteiger partial charge in [-0.05, 0) is 46.5 Å². The molecule has 0 aliphatic heterocycles. The van der Waals surface area contributed by atoms with Gasteiger partial charge in [0, 0.05) is 6.61 Å². The second kappa shape index (κ2) is 11.2. The Morgan fingerprint density at radius 3 is 1.78 bits per heavy atom. The van der Waals surface area contributed by atoms with E-state index in [1.165, 1.54) is 32.1 Å². The van der Waals surface area contributed by atoms with Gasteiger partial charge >= 0.3 is 6.09 Å². The second-order valence-corrected chi connectivity index (χ2v) is 10.9. The number of aliphatic hydroxyl groups excluding tert-OH is 1. The largest absolute Gasteiger partial charge is 0.443 e. The van der Waals surface area contributed by atoms with E-state index in [9.17, 15) is 13.2 Å². The van der Waals surface area contributed by atoms with Crippen LogP contribution in [0.5, 0.6) is 0 Å². The summed E-state index contributed by atoms with van der Waals surface area (Å²) in [5.41, 5.74) is -0.713. The summed E-state index contributed by atoms with van der Waals surface area (Å²) in [4.78, 5) is 11.8. The minimum absolute atomic E-state index is 0.296. The first-order valence-electron chi connectivity index (χ1n) is 10.5. The number of amides is 1. The molecule has 0 heterocycles. The fraction of sp³-hybridized carbons (Fsp3) is 0.950. The molecule has 0 aromatic carbocycles. The van der Waals surface area contributed by atoms with Gasteiger partial charge in [0.2, 0.25) is 10.0 Å². The standard InChI is InChI=1S/C20H39NO5S/c1-19(2,3)26-18(23)21-27(24,25)20(15-16-20)14-12-10-8-6-4-5-7-9-11-13-17-22/h22H,4-17H2,1-3H3,(H,21,23). The second-order valence-electron chi connectivity index (χ2n) is 8.80. The van der Waals surface area contributed by atoms with Crippen molar-refractivity contribution in [2.24, 2.45) is 0 Å². The molecule has 1 saturated carbocycles. The van der Waals surface area contributed by atoms with Crippen molar-refractivity contribution in [3.8, 4) is 0 Å². The number of nitrogens with one attached hydrogen (secondary N) is 1. The van der Waals surface area contributed by atoms with Crippen LogP contribution in [-0.2, 0) is 14.8 Å². The zero-order chi connectivity index (χ0) is 20.4. The van der Waals surface area contributed by atoms with E-state index < -0.39 is 26.5 Å². The Kier molecular flexibility index (Phi) is 10.1. The molecule has 1 fully saturated rings. The Morgan fingerprint density at radius 1 is 0.926 bits per heavy atom. The van der Waals surface area contributed by atoms with Gasteiger partial charge in [0.15, 0.2) is 0 Å². The van der Waals surface area contributed by atoms with Crippen LogP contribution >= 0.6 is 0 Å². The van der Waals surface area contributed by atoms with Crippen LogP contribution in [0.25, 0.3) is 0 Å². The number of aliphatic hydroxyl groups is 1. The molecule has 1 amide bonds. The molecular weight excluding hydrogens is 366 g/mol. The van der Waals surface area contributed by atoms with Crippen molar-refractivity contribution in [1.82, 2.24) is 4.72 Å². The summed E-state index contributed by atoms with van der Waals surface area (Å²) in [6.07, 6.45) is 12.1. The maximum Gasteiger partial charge on any atom is 0.421 e. The Bertz CT molecular complexity index is 535. The molecule has 7 heteroatoms. The lowest BCUT2D eigenvalue weighted by Crippen LogP contribution is -2.42. The monoisotopic (exact) mass is 405 g/mol. The minimum atomic E-state index is -3.68. The summed E-state index contributed by atoms with van der Waals surface area (Å²) < 4.78 is 31.4. The summed E-state index contributed by atoms with van der Waals surface area (Å²) in [6, 6.07) is 0. The first-order valence-corrected chi connectivity index (χ1v) is 12.0. The van der Waals surface area contributed by atoms with Crippen LogP contribution < -0.4 is 4.72 Å². The summed E-state index contributed by atoms with van der Waals surface area (Å²) >= 11 is 0. The molecule has 0 unspecified atom stereocenters. The number of unbranched alkanes of at least 4 members (excludes halogenated alkanes) is 9. The van der Waals surface area contributed by atoms with Gasteiger partial charge in [0.25, 0.3) is 0 Å². The number of carbonyl (C=O) groups is 1. The van der Waals surface area contributed by atoms with Gasteiger partial charge < -0.3 is 9.84 Å². The van der Waals surface area contributed by atoms with E-state index in [1.54, 1.807) is 20.8 Å². The zero-order valence-corrected chi connectivity index (χ0v) is 18.2. The number of carbonyl (C=O) groups excluding carboxylic acids is 1. The molecule has 0 aromatic rings. The van der Waals surface area contributed by atoms with E-state index in [-0.39, 0.29) is 0 Å². The van der Waals surface area contributed by atoms with E-state index >= 15 is 0 Å². The van der Waals surface area contributed by atoms with Gasteiger partial charge in [-0.3, -0.25) is 0 Å². The van der Waals surface area contributed by atoms with Gasteiger partial charge in [-0.2, -0.15) is 0 Å². The molecule has 0 spiro atoms. The van der Waals surface area contributed by atoms with Crippen molar-refractivity contribution in [2.45, 2.75) is 115 Å². The van der Waals surface area contributed by atoms with Crippen LogP contribution in [0.15, 0.2) is 0 Å². The van der Waals surface area contributed by atoms with E-state index in [4.69, 9.17) is 9.84 Å². The number of ether oxygens (including phenoxy) is 1. The predicted octanol–water partition coefficient (Wildman–Crippen LogP) is 4.66. The van der Waals surface area contributed by atoms with Crippen LogP contribution in [0.2, 0.25) is 0 Å². The third kappa shape index (κ3) is 9.79. The van der Waals surface area contributed by atoms with Crippen LogP contribution in [-0.4, -0.2) is 36.6 Å². The minimum Gasteiger partial charge on any atom is -0.443 e. The molecule has 1 aliphatic rings. The summed E-state index contributed by atoms with van der Waals surface area (Å²) in [5, 5.41) is 8.72.